The van der Waals surface area contributed by atoms with E-state index in [1.54, 1.807) is 0 Å². The second kappa shape index (κ2) is 5.35. The molecule has 2 nitrogen and oxygen atoms in total. The van der Waals surface area contributed by atoms with E-state index in [9.17, 15) is 0 Å². The Labute approximate surface area is 130 Å². The molecule has 0 N–H and O–H groups in total. The van der Waals surface area contributed by atoms with Crippen molar-refractivity contribution >= 4 is 34.2 Å². The van der Waals surface area contributed by atoms with Crippen molar-refractivity contribution in [3.05, 3.63) is 69.4 Å². The van der Waals surface area contributed by atoms with E-state index < -0.39 is 0 Å². The van der Waals surface area contributed by atoms with Gasteiger partial charge in [-0.1, -0.05) is 48.0 Å². The fraction of sp³-hybridized carbons (Fsp3) is 0. The normalized spacial score (nSPS) is 10.6. The van der Waals surface area contributed by atoms with Gasteiger partial charge in [-0.25, -0.2) is 4.68 Å². The van der Waals surface area contributed by atoms with E-state index in [0.29, 0.717) is 0 Å². The molecular formula is C15H10ClIN2. The van der Waals surface area contributed by atoms with E-state index in [2.05, 4.69) is 27.7 Å². The highest BCUT2D eigenvalue weighted by Gasteiger charge is 2.12. The van der Waals surface area contributed by atoms with Crippen LogP contribution < -0.4 is 0 Å². The molecule has 0 aliphatic rings. The molecule has 1 aromatic heterocycles. The zero-order chi connectivity index (χ0) is 13.2. The number of hydrogen-bond acceptors (Lipinski definition) is 1. The number of aromatic nitrogens is 2. The van der Waals surface area contributed by atoms with Gasteiger partial charge in [0.2, 0.25) is 0 Å². The lowest BCUT2D eigenvalue weighted by Crippen LogP contribution is -1.99. The van der Waals surface area contributed by atoms with Crippen LogP contribution in [0.15, 0.2) is 60.7 Å². The van der Waals surface area contributed by atoms with Crippen LogP contribution >= 0.6 is 34.2 Å². The van der Waals surface area contributed by atoms with Crippen LogP contribution in [0.2, 0.25) is 5.02 Å². The zero-order valence-corrected chi connectivity index (χ0v) is 12.8. The van der Waals surface area contributed by atoms with Gasteiger partial charge in [-0.3, -0.25) is 0 Å². The smallest absolute Gasteiger partial charge is 0.124 e. The molecule has 0 fully saturated rings. The Balaban J connectivity index is 2.21. The summed E-state index contributed by atoms with van der Waals surface area (Å²) in [6, 6.07) is 19.9. The minimum atomic E-state index is 0.732. The first-order chi connectivity index (χ1) is 9.25. The lowest BCUT2D eigenvalue weighted by Gasteiger charge is -2.08. The maximum Gasteiger partial charge on any atom is 0.124 e. The lowest BCUT2D eigenvalue weighted by atomic mass is 10.1. The molecule has 0 radical (unpaired) electrons. The molecule has 1 heterocycles. The van der Waals surface area contributed by atoms with Gasteiger partial charge in [-0.2, -0.15) is 5.10 Å². The predicted molar refractivity (Wildman–Crippen MR) is 86.7 cm³/mol. The van der Waals surface area contributed by atoms with Crippen LogP contribution in [0, 0.1) is 3.70 Å². The molecular weight excluding hydrogens is 371 g/mol. The van der Waals surface area contributed by atoms with Crippen molar-refractivity contribution in [2.75, 3.05) is 0 Å². The van der Waals surface area contributed by atoms with Gasteiger partial charge in [0.25, 0.3) is 0 Å². The number of para-hydroxylation sites is 1. The number of nitrogens with zero attached hydrogens (tertiary/aromatic N) is 2. The van der Waals surface area contributed by atoms with Crippen molar-refractivity contribution in [1.29, 1.82) is 0 Å². The van der Waals surface area contributed by atoms with E-state index in [1.165, 1.54) is 0 Å². The van der Waals surface area contributed by atoms with E-state index >= 15 is 0 Å². The Hall–Kier alpha value is -1.33. The number of hydrogen-bond donors (Lipinski definition) is 0. The average Bonchev–Trinajstić information content (AvgIpc) is 2.82. The molecule has 0 saturated heterocycles. The summed E-state index contributed by atoms with van der Waals surface area (Å²) < 4.78 is 2.86. The number of halogens is 2. The molecule has 0 amide bonds. The second-order valence-corrected chi connectivity index (χ2v) is 5.59. The first kappa shape index (κ1) is 12.7. The third kappa shape index (κ3) is 2.53. The second-order valence-electron chi connectivity index (χ2n) is 4.08. The van der Waals surface area contributed by atoms with Crippen LogP contribution in [0.4, 0.5) is 0 Å². The Morgan fingerprint density at radius 1 is 0.947 bits per heavy atom. The van der Waals surface area contributed by atoms with Crippen molar-refractivity contribution in [2.24, 2.45) is 0 Å². The van der Waals surface area contributed by atoms with Crippen LogP contribution in [0.1, 0.15) is 0 Å². The minimum absolute atomic E-state index is 0.732. The van der Waals surface area contributed by atoms with Gasteiger partial charge in [0.1, 0.15) is 3.70 Å². The molecule has 0 bridgehead atoms. The van der Waals surface area contributed by atoms with Crippen LogP contribution in [-0.4, -0.2) is 9.78 Å². The standard InChI is InChI=1S/C15H10ClIN2/c16-13-9-5-4-8-12(13)14-10-15(17)18-19(14)11-6-2-1-3-7-11/h1-10H. The summed E-state index contributed by atoms with van der Waals surface area (Å²) in [6.07, 6.45) is 0. The summed E-state index contributed by atoms with van der Waals surface area (Å²) in [5.74, 6) is 0. The molecule has 2 aromatic carbocycles. The summed E-state index contributed by atoms with van der Waals surface area (Å²) in [7, 11) is 0. The lowest BCUT2D eigenvalue weighted by molar-refractivity contribution is 0.876. The fourth-order valence-electron chi connectivity index (χ4n) is 1.98. The van der Waals surface area contributed by atoms with Gasteiger partial charge in [-0.15, -0.1) is 0 Å². The molecule has 0 aliphatic carbocycles. The summed E-state index contributed by atoms with van der Waals surface area (Å²) >= 11 is 8.50. The monoisotopic (exact) mass is 380 g/mol. The van der Waals surface area contributed by atoms with E-state index in [1.807, 2.05) is 65.3 Å². The Morgan fingerprint density at radius 2 is 1.63 bits per heavy atom. The largest absolute Gasteiger partial charge is 0.232 e. The van der Waals surface area contributed by atoms with E-state index in [4.69, 9.17) is 11.6 Å². The quantitative estimate of drug-likeness (QED) is 0.584. The zero-order valence-electron chi connectivity index (χ0n) is 9.92. The Kier molecular flexibility index (Phi) is 3.57. The van der Waals surface area contributed by atoms with E-state index in [0.717, 1.165) is 25.7 Å². The fourth-order valence-corrected chi connectivity index (χ4v) is 2.72. The molecule has 94 valence electrons. The van der Waals surface area contributed by atoms with Gasteiger partial charge >= 0.3 is 0 Å². The molecule has 3 rings (SSSR count). The van der Waals surface area contributed by atoms with Crippen molar-refractivity contribution < 1.29 is 0 Å². The predicted octanol–water partition coefficient (Wildman–Crippen LogP) is 4.80. The number of benzene rings is 2. The molecule has 0 atom stereocenters. The topological polar surface area (TPSA) is 17.8 Å². The molecule has 0 aliphatic heterocycles. The SMILES string of the molecule is Clc1ccccc1-c1cc(I)nn1-c1ccccc1. The van der Waals surface area contributed by atoms with Gasteiger partial charge in [0.15, 0.2) is 0 Å². The van der Waals surface area contributed by atoms with Gasteiger partial charge in [0.05, 0.1) is 11.4 Å². The molecule has 0 saturated carbocycles. The summed E-state index contributed by atoms with van der Waals surface area (Å²) in [6.45, 7) is 0. The molecule has 19 heavy (non-hydrogen) atoms. The van der Waals surface area contributed by atoms with Crippen LogP contribution in [0.3, 0.4) is 0 Å². The van der Waals surface area contributed by atoms with Crippen molar-refractivity contribution in [3.8, 4) is 16.9 Å². The third-order valence-electron chi connectivity index (χ3n) is 2.83. The highest BCUT2D eigenvalue weighted by Crippen LogP contribution is 2.30. The Bertz CT molecular complexity index is 707. The van der Waals surface area contributed by atoms with Gasteiger partial charge in [0, 0.05) is 10.6 Å². The maximum atomic E-state index is 6.28. The maximum absolute atomic E-state index is 6.28. The molecule has 3 aromatic rings. The Morgan fingerprint density at radius 3 is 2.37 bits per heavy atom. The highest BCUT2D eigenvalue weighted by molar-refractivity contribution is 14.1. The van der Waals surface area contributed by atoms with Crippen molar-refractivity contribution in [2.45, 2.75) is 0 Å². The average molecular weight is 381 g/mol. The first-order valence-electron chi connectivity index (χ1n) is 5.81. The van der Waals surface area contributed by atoms with E-state index in [-0.39, 0.29) is 0 Å². The third-order valence-corrected chi connectivity index (χ3v) is 3.69. The summed E-state index contributed by atoms with van der Waals surface area (Å²) in [5, 5.41) is 5.28. The van der Waals surface area contributed by atoms with Crippen molar-refractivity contribution in [3.63, 3.8) is 0 Å². The van der Waals surface area contributed by atoms with Crippen LogP contribution in [0.5, 0.6) is 0 Å². The van der Waals surface area contributed by atoms with Gasteiger partial charge in [-0.05, 0) is 46.9 Å². The molecule has 4 heteroatoms. The van der Waals surface area contributed by atoms with Crippen LogP contribution in [-0.2, 0) is 0 Å². The van der Waals surface area contributed by atoms with Crippen LogP contribution in [0.25, 0.3) is 16.9 Å². The molecule has 0 unspecified atom stereocenters. The van der Waals surface area contributed by atoms with Crippen molar-refractivity contribution in [1.82, 2.24) is 9.78 Å². The number of rotatable bonds is 2. The highest BCUT2D eigenvalue weighted by atomic mass is 127. The molecule has 0 spiro atoms. The first-order valence-corrected chi connectivity index (χ1v) is 7.27. The minimum Gasteiger partial charge on any atom is -0.232 e. The summed E-state index contributed by atoms with van der Waals surface area (Å²) in [5.41, 5.74) is 3.02. The van der Waals surface area contributed by atoms with Gasteiger partial charge < -0.3 is 0 Å². The summed E-state index contributed by atoms with van der Waals surface area (Å²) in [4.78, 5) is 0.